The first-order valence-electron chi connectivity index (χ1n) is 5.47. The van der Waals surface area contributed by atoms with Crippen molar-refractivity contribution in [3.8, 4) is 0 Å². The molecule has 0 saturated carbocycles. The van der Waals surface area contributed by atoms with E-state index >= 15 is 0 Å². The number of aromatic carboxylic acids is 1. The van der Waals surface area contributed by atoms with Crippen molar-refractivity contribution in [2.75, 3.05) is 0 Å². The minimum atomic E-state index is -0.965. The van der Waals surface area contributed by atoms with Crippen LogP contribution in [0.5, 0.6) is 0 Å². The maximum atomic E-state index is 12.9. The first kappa shape index (κ1) is 13.9. The van der Waals surface area contributed by atoms with Gasteiger partial charge in [0.1, 0.15) is 5.82 Å². The Kier molecular flexibility index (Phi) is 4.45. The number of halogens is 2. The Morgan fingerprint density at radius 3 is 2.68 bits per heavy atom. The van der Waals surface area contributed by atoms with Crippen LogP contribution >= 0.6 is 23.4 Å². The lowest BCUT2D eigenvalue weighted by atomic mass is 10.2. The fourth-order valence-electron chi connectivity index (χ4n) is 1.56. The van der Waals surface area contributed by atoms with E-state index in [0.29, 0.717) is 15.7 Å². The number of thioether (sulfide) groups is 1. The predicted octanol–water partition coefficient (Wildman–Crippen LogP) is 4.47. The van der Waals surface area contributed by atoms with Gasteiger partial charge in [0.05, 0.1) is 5.56 Å². The first-order chi connectivity index (χ1) is 9.08. The van der Waals surface area contributed by atoms with E-state index in [1.54, 1.807) is 30.3 Å². The molecule has 2 rings (SSSR count). The molecule has 2 nitrogen and oxygen atoms in total. The quantitative estimate of drug-likeness (QED) is 0.846. The standard InChI is InChI=1S/C14H10ClFO2S/c15-12-7-10(16)6-5-9(12)8-19-13-4-2-1-3-11(13)14(17)18/h1-7H,8H2,(H,17,18). The molecule has 98 valence electrons. The lowest BCUT2D eigenvalue weighted by Gasteiger charge is -2.07. The van der Waals surface area contributed by atoms with E-state index < -0.39 is 5.97 Å². The van der Waals surface area contributed by atoms with Crippen LogP contribution in [0.4, 0.5) is 4.39 Å². The van der Waals surface area contributed by atoms with Gasteiger partial charge in [-0.2, -0.15) is 0 Å². The number of rotatable bonds is 4. The number of carboxylic acid groups (broad SMARTS) is 1. The molecule has 0 fully saturated rings. The summed E-state index contributed by atoms with van der Waals surface area (Å²) in [7, 11) is 0. The van der Waals surface area contributed by atoms with Crippen molar-refractivity contribution in [1.82, 2.24) is 0 Å². The molecule has 2 aromatic rings. The van der Waals surface area contributed by atoms with Crippen LogP contribution in [0.3, 0.4) is 0 Å². The second kappa shape index (κ2) is 6.08. The highest BCUT2D eigenvalue weighted by Gasteiger charge is 2.10. The Morgan fingerprint density at radius 2 is 2.00 bits per heavy atom. The molecule has 0 unspecified atom stereocenters. The maximum Gasteiger partial charge on any atom is 0.336 e. The molecular weight excluding hydrogens is 287 g/mol. The van der Waals surface area contributed by atoms with Gasteiger partial charge in [-0.3, -0.25) is 0 Å². The molecule has 0 aliphatic rings. The van der Waals surface area contributed by atoms with Crippen LogP contribution in [0.2, 0.25) is 5.02 Å². The first-order valence-corrected chi connectivity index (χ1v) is 6.83. The van der Waals surface area contributed by atoms with E-state index in [1.807, 2.05) is 0 Å². The van der Waals surface area contributed by atoms with Gasteiger partial charge in [-0.15, -0.1) is 11.8 Å². The molecule has 1 N–H and O–H groups in total. The Labute approximate surface area is 119 Å². The van der Waals surface area contributed by atoms with Crippen molar-refractivity contribution in [3.63, 3.8) is 0 Å². The SMILES string of the molecule is O=C(O)c1ccccc1SCc1ccc(F)cc1Cl. The van der Waals surface area contributed by atoms with E-state index in [2.05, 4.69) is 0 Å². The summed E-state index contributed by atoms with van der Waals surface area (Å²) in [5.74, 6) is -0.860. The van der Waals surface area contributed by atoms with Gasteiger partial charge in [-0.1, -0.05) is 29.8 Å². The molecule has 0 saturated heterocycles. The van der Waals surface area contributed by atoms with E-state index in [9.17, 15) is 9.18 Å². The lowest BCUT2D eigenvalue weighted by Crippen LogP contribution is -1.98. The summed E-state index contributed by atoms with van der Waals surface area (Å²) in [4.78, 5) is 11.7. The van der Waals surface area contributed by atoms with E-state index in [4.69, 9.17) is 16.7 Å². The second-order valence-electron chi connectivity index (χ2n) is 3.83. The molecule has 5 heteroatoms. The molecule has 0 atom stereocenters. The summed E-state index contributed by atoms with van der Waals surface area (Å²) in [5, 5.41) is 9.41. The highest BCUT2D eigenvalue weighted by atomic mass is 35.5. The Hall–Kier alpha value is -1.52. The molecule has 0 aliphatic carbocycles. The smallest absolute Gasteiger partial charge is 0.336 e. The molecule has 0 aliphatic heterocycles. The highest BCUT2D eigenvalue weighted by Crippen LogP contribution is 2.29. The van der Waals surface area contributed by atoms with Crippen LogP contribution in [0, 0.1) is 5.82 Å². The zero-order chi connectivity index (χ0) is 13.8. The fourth-order valence-corrected chi connectivity index (χ4v) is 2.93. The van der Waals surface area contributed by atoms with Crippen molar-refractivity contribution in [3.05, 3.63) is 64.4 Å². The summed E-state index contributed by atoms with van der Waals surface area (Å²) in [6, 6.07) is 10.9. The van der Waals surface area contributed by atoms with Gasteiger partial charge in [0.25, 0.3) is 0 Å². The number of carboxylic acids is 1. The second-order valence-corrected chi connectivity index (χ2v) is 5.25. The van der Waals surface area contributed by atoms with Crippen molar-refractivity contribution in [2.24, 2.45) is 0 Å². The van der Waals surface area contributed by atoms with Crippen LogP contribution in [0.25, 0.3) is 0 Å². The van der Waals surface area contributed by atoms with E-state index in [1.165, 1.54) is 23.9 Å². The molecule has 0 bridgehead atoms. The molecule has 19 heavy (non-hydrogen) atoms. The van der Waals surface area contributed by atoms with Crippen LogP contribution in [0.1, 0.15) is 15.9 Å². The monoisotopic (exact) mass is 296 g/mol. The molecule has 0 aromatic heterocycles. The lowest BCUT2D eigenvalue weighted by molar-refractivity contribution is 0.0693. The number of hydrogen-bond acceptors (Lipinski definition) is 2. The Bertz CT molecular complexity index is 616. The summed E-state index contributed by atoms with van der Waals surface area (Å²) < 4.78 is 12.9. The number of carbonyl (C=O) groups is 1. The molecule has 0 radical (unpaired) electrons. The largest absolute Gasteiger partial charge is 0.478 e. The summed E-state index contributed by atoms with van der Waals surface area (Å²) in [6.07, 6.45) is 0. The Morgan fingerprint density at radius 1 is 1.26 bits per heavy atom. The third-order valence-corrected chi connectivity index (χ3v) is 3.99. The third-order valence-electron chi connectivity index (χ3n) is 2.52. The van der Waals surface area contributed by atoms with Crippen molar-refractivity contribution in [2.45, 2.75) is 10.6 Å². The molecular formula is C14H10ClFO2S. The third kappa shape index (κ3) is 3.49. The van der Waals surface area contributed by atoms with Crippen molar-refractivity contribution < 1.29 is 14.3 Å². The fraction of sp³-hybridized carbons (Fsp3) is 0.0714. The van der Waals surface area contributed by atoms with Crippen LogP contribution in [-0.4, -0.2) is 11.1 Å². The van der Waals surface area contributed by atoms with Gasteiger partial charge in [-0.05, 0) is 29.8 Å². The molecule has 0 heterocycles. The van der Waals surface area contributed by atoms with E-state index in [-0.39, 0.29) is 11.4 Å². The molecule has 0 spiro atoms. The van der Waals surface area contributed by atoms with Gasteiger partial charge in [0.15, 0.2) is 0 Å². The van der Waals surface area contributed by atoms with Crippen molar-refractivity contribution >= 4 is 29.3 Å². The van der Waals surface area contributed by atoms with Gasteiger partial charge in [-0.25, -0.2) is 9.18 Å². The minimum Gasteiger partial charge on any atom is -0.478 e. The zero-order valence-corrected chi connectivity index (χ0v) is 11.3. The summed E-state index contributed by atoms with van der Waals surface area (Å²) >= 11 is 7.29. The topological polar surface area (TPSA) is 37.3 Å². The highest BCUT2D eigenvalue weighted by molar-refractivity contribution is 7.98. The van der Waals surface area contributed by atoms with E-state index in [0.717, 1.165) is 5.56 Å². The molecule has 2 aromatic carbocycles. The Balaban J connectivity index is 2.17. The maximum absolute atomic E-state index is 12.9. The van der Waals surface area contributed by atoms with Crippen LogP contribution < -0.4 is 0 Å². The van der Waals surface area contributed by atoms with Gasteiger partial charge in [0, 0.05) is 15.7 Å². The number of hydrogen-bond donors (Lipinski definition) is 1. The normalized spacial score (nSPS) is 10.4. The average Bonchev–Trinajstić information content (AvgIpc) is 2.38. The predicted molar refractivity (Wildman–Crippen MR) is 74.4 cm³/mol. The average molecular weight is 297 g/mol. The van der Waals surface area contributed by atoms with Crippen molar-refractivity contribution in [1.29, 1.82) is 0 Å². The van der Waals surface area contributed by atoms with Gasteiger partial charge >= 0.3 is 5.97 Å². The summed E-state index contributed by atoms with van der Waals surface area (Å²) in [5.41, 5.74) is 1.03. The van der Waals surface area contributed by atoms with Gasteiger partial charge < -0.3 is 5.11 Å². The zero-order valence-electron chi connectivity index (χ0n) is 9.77. The summed E-state index contributed by atoms with van der Waals surface area (Å²) in [6.45, 7) is 0. The van der Waals surface area contributed by atoms with Crippen LogP contribution in [-0.2, 0) is 5.75 Å². The minimum absolute atomic E-state index is 0.255. The van der Waals surface area contributed by atoms with Gasteiger partial charge in [0.2, 0.25) is 0 Å². The molecule has 0 amide bonds. The number of benzene rings is 2. The van der Waals surface area contributed by atoms with Crippen LogP contribution in [0.15, 0.2) is 47.4 Å².